The van der Waals surface area contributed by atoms with Crippen LogP contribution in [-0.4, -0.2) is 53.5 Å². The van der Waals surface area contributed by atoms with Crippen molar-refractivity contribution < 1.29 is 14.1 Å². The number of hydrogen-bond acceptors (Lipinski definition) is 7. The average molecular weight is 468 g/mol. The van der Waals surface area contributed by atoms with Gasteiger partial charge in [-0.25, -0.2) is 0 Å². The molecular weight excluding hydrogens is 438 g/mol. The molecule has 1 atom stereocenters. The summed E-state index contributed by atoms with van der Waals surface area (Å²) in [5, 5.41) is 11.3. The first-order valence-electron chi connectivity index (χ1n) is 11.2. The predicted molar refractivity (Wildman–Crippen MR) is 127 cm³/mol. The molecule has 2 amide bonds. The molecule has 0 bridgehead atoms. The second kappa shape index (κ2) is 10.7. The SMILES string of the molecule is CN(C)C(c1ccccc1)C1CCC(NC(=O)CNC(=O)c2nc(-c3cccs3)no2)CC1. The number of carbonyl (C=O) groups excluding carboxylic acids is 2. The van der Waals surface area contributed by atoms with Gasteiger partial charge < -0.3 is 20.1 Å². The van der Waals surface area contributed by atoms with Gasteiger partial charge in [0.25, 0.3) is 0 Å². The molecule has 1 aromatic carbocycles. The minimum Gasteiger partial charge on any atom is -0.352 e. The number of nitrogens with one attached hydrogen (secondary N) is 2. The molecule has 0 saturated heterocycles. The molecule has 0 aliphatic heterocycles. The molecule has 174 valence electrons. The molecule has 0 radical (unpaired) electrons. The molecule has 9 heteroatoms. The van der Waals surface area contributed by atoms with Crippen LogP contribution in [0.4, 0.5) is 0 Å². The van der Waals surface area contributed by atoms with E-state index in [1.807, 2.05) is 23.6 Å². The molecule has 1 unspecified atom stereocenters. The highest BCUT2D eigenvalue weighted by molar-refractivity contribution is 7.13. The van der Waals surface area contributed by atoms with E-state index in [0.717, 1.165) is 30.6 Å². The number of thiophene rings is 1. The van der Waals surface area contributed by atoms with Gasteiger partial charge in [-0.2, -0.15) is 4.98 Å². The molecule has 1 fully saturated rings. The maximum atomic E-state index is 12.4. The molecule has 2 heterocycles. The summed E-state index contributed by atoms with van der Waals surface area (Å²) in [6.45, 7) is -0.125. The Labute approximate surface area is 197 Å². The number of benzene rings is 1. The highest BCUT2D eigenvalue weighted by Gasteiger charge is 2.30. The standard InChI is InChI=1S/C24H29N5O3S/c1-29(2)21(16-7-4-3-5-8-16)17-10-12-18(13-11-17)26-20(30)15-25-23(31)24-27-22(28-32-24)19-9-6-14-33-19/h3-9,14,17-18,21H,10-13,15H2,1-2H3,(H,25,31)(H,26,30). The minimum absolute atomic E-state index is 0.123. The van der Waals surface area contributed by atoms with Crippen molar-refractivity contribution in [3.63, 3.8) is 0 Å². The van der Waals surface area contributed by atoms with E-state index in [1.165, 1.54) is 16.9 Å². The molecule has 1 aliphatic carbocycles. The maximum absolute atomic E-state index is 12.4. The van der Waals surface area contributed by atoms with Gasteiger partial charge in [0.15, 0.2) is 0 Å². The number of hydrogen-bond donors (Lipinski definition) is 2. The average Bonchev–Trinajstić information content (AvgIpc) is 3.51. The van der Waals surface area contributed by atoms with Gasteiger partial charge in [-0.1, -0.05) is 41.6 Å². The summed E-state index contributed by atoms with van der Waals surface area (Å²) < 4.78 is 5.02. The van der Waals surface area contributed by atoms with Crippen LogP contribution in [0.25, 0.3) is 10.7 Å². The van der Waals surface area contributed by atoms with Gasteiger partial charge >= 0.3 is 11.8 Å². The van der Waals surface area contributed by atoms with Crippen molar-refractivity contribution in [3.8, 4) is 10.7 Å². The van der Waals surface area contributed by atoms with Crippen LogP contribution in [0.5, 0.6) is 0 Å². The van der Waals surface area contributed by atoms with Crippen LogP contribution in [0.1, 0.15) is 48.0 Å². The summed E-state index contributed by atoms with van der Waals surface area (Å²) in [6.07, 6.45) is 3.94. The first-order valence-corrected chi connectivity index (χ1v) is 12.1. The molecule has 1 aliphatic rings. The molecule has 0 spiro atoms. The summed E-state index contributed by atoms with van der Waals surface area (Å²) in [7, 11) is 4.25. The Morgan fingerprint density at radius 3 is 2.55 bits per heavy atom. The molecule has 33 heavy (non-hydrogen) atoms. The second-order valence-corrected chi connectivity index (χ2v) is 9.53. The second-order valence-electron chi connectivity index (χ2n) is 8.58. The minimum atomic E-state index is -0.555. The van der Waals surface area contributed by atoms with Crippen LogP contribution in [0, 0.1) is 5.92 Å². The van der Waals surface area contributed by atoms with Crippen LogP contribution in [0.15, 0.2) is 52.4 Å². The van der Waals surface area contributed by atoms with E-state index >= 15 is 0 Å². The monoisotopic (exact) mass is 467 g/mol. The van der Waals surface area contributed by atoms with Gasteiger partial charge in [0.05, 0.1) is 11.4 Å². The summed E-state index contributed by atoms with van der Waals surface area (Å²) in [4.78, 5) is 31.8. The highest BCUT2D eigenvalue weighted by Crippen LogP contribution is 2.37. The van der Waals surface area contributed by atoms with Crippen molar-refractivity contribution >= 4 is 23.2 Å². The maximum Gasteiger partial charge on any atom is 0.316 e. The van der Waals surface area contributed by atoms with Crippen LogP contribution < -0.4 is 10.6 Å². The van der Waals surface area contributed by atoms with Gasteiger partial charge in [-0.15, -0.1) is 11.3 Å². The third kappa shape index (κ3) is 5.85. The predicted octanol–water partition coefficient (Wildman–Crippen LogP) is 3.51. The fraction of sp³-hybridized carbons (Fsp3) is 0.417. The summed E-state index contributed by atoms with van der Waals surface area (Å²) in [5.41, 5.74) is 1.33. The zero-order valence-electron chi connectivity index (χ0n) is 18.9. The number of nitrogens with zero attached hydrogens (tertiary/aromatic N) is 3. The summed E-state index contributed by atoms with van der Waals surface area (Å²) in [6, 6.07) is 14.8. The first-order chi connectivity index (χ1) is 16.0. The smallest absolute Gasteiger partial charge is 0.316 e. The van der Waals surface area contributed by atoms with Crippen molar-refractivity contribution in [2.45, 2.75) is 37.8 Å². The molecule has 8 nitrogen and oxygen atoms in total. The zero-order chi connectivity index (χ0) is 23.2. The Morgan fingerprint density at radius 2 is 1.88 bits per heavy atom. The molecule has 2 N–H and O–H groups in total. The zero-order valence-corrected chi connectivity index (χ0v) is 19.7. The summed E-state index contributed by atoms with van der Waals surface area (Å²) >= 11 is 1.46. The lowest BCUT2D eigenvalue weighted by Gasteiger charge is -2.37. The van der Waals surface area contributed by atoms with Gasteiger partial charge in [-0.05, 0) is 62.7 Å². The van der Waals surface area contributed by atoms with Crippen LogP contribution in [0.3, 0.4) is 0 Å². The van der Waals surface area contributed by atoms with Gasteiger partial charge in [0.2, 0.25) is 11.7 Å². The molecule has 3 aromatic rings. The number of rotatable bonds is 8. The molecule has 2 aromatic heterocycles. The topological polar surface area (TPSA) is 100 Å². The Balaban J connectivity index is 1.23. The molecule has 4 rings (SSSR count). The lowest BCUT2D eigenvalue weighted by molar-refractivity contribution is -0.121. The van der Waals surface area contributed by atoms with E-state index in [-0.39, 0.29) is 24.4 Å². The van der Waals surface area contributed by atoms with E-state index < -0.39 is 5.91 Å². The Kier molecular flexibility index (Phi) is 7.51. The Hall–Kier alpha value is -3.04. The van der Waals surface area contributed by atoms with Crippen molar-refractivity contribution in [1.82, 2.24) is 25.7 Å². The fourth-order valence-corrected chi connectivity index (χ4v) is 5.21. The van der Waals surface area contributed by atoms with Crippen molar-refractivity contribution in [2.24, 2.45) is 5.92 Å². The van der Waals surface area contributed by atoms with E-state index in [4.69, 9.17) is 4.52 Å². The quantitative estimate of drug-likeness (QED) is 0.526. The summed E-state index contributed by atoms with van der Waals surface area (Å²) in [5.74, 6) is -0.00609. The molecule has 1 saturated carbocycles. The first kappa shape index (κ1) is 23.1. The fourth-order valence-electron chi connectivity index (χ4n) is 4.56. The van der Waals surface area contributed by atoms with E-state index in [9.17, 15) is 9.59 Å². The molecular formula is C24H29N5O3S. The van der Waals surface area contributed by atoms with Crippen molar-refractivity contribution in [2.75, 3.05) is 20.6 Å². The number of amides is 2. The normalized spacial score (nSPS) is 19.2. The van der Waals surface area contributed by atoms with Crippen molar-refractivity contribution in [1.29, 1.82) is 0 Å². The van der Waals surface area contributed by atoms with Crippen LogP contribution in [0.2, 0.25) is 0 Å². The third-order valence-electron chi connectivity index (χ3n) is 6.05. The largest absolute Gasteiger partial charge is 0.352 e. The van der Waals surface area contributed by atoms with Gasteiger partial charge in [0, 0.05) is 12.1 Å². The lowest BCUT2D eigenvalue weighted by atomic mass is 9.78. The lowest BCUT2D eigenvalue weighted by Crippen LogP contribution is -2.44. The van der Waals surface area contributed by atoms with Gasteiger partial charge in [-0.3, -0.25) is 9.59 Å². The van der Waals surface area contributed by atoms with E-state index in [0.29, 0.717) is 17.8 Å². The number of carbonyl (C=O) groups is 2. The van der Waals surface area contributed by atoms with Crippen molar-refractivity contribution in [3.05, 3.63) is 59.3 Å². The highest BCUT2D eigenvalue weighted by atomic mass is 32.1. The van der Waals surface area contributed by atoms with E-state index in [1.54, 1.807) is 0 Å². The van der Waals surface area contributed by atoms with Crippen LogP contribution >= 0.6 is 11.3 Å². The Morgan fingerprint density at radius 1 is 1.12 bits per heavy atom. The Bertz CT molecular complexity index is 1040. The van der Waals surface area contributed by atoms with Crippen LogP contribution in [-0.2, 0) is 4.79 Å². The van der Waals surface area contributed by atoms with E-state index in [2.05, 4.69) is 64.0 Å². The third-order valence-corrected chi connectivity index (χ3v) is 6.92. The number of aromatic nitrogens is 2. The van der Waals surface area contributed by atoms with Gasteiger partial charge in [0.1, 0.15) is 0 Å².